The molecule has 0 saturated heterocycles. The fourth-order valence-electron chi connectivity index (χ4n) is 1.50. The fourth-order valence-corrected chi connectivity index (χ4v) is 2.10. The predicted molar refractivity (Wildman–Crippen MR) is 74.8 cm³/mol. The highest BCUT2D eigenvalue weighted by molar-refractivity contribution is 8.13. The van der Waals surface area contributed by atoms with Gasteiger partial charge in [0.2, 0.25) is 0 Å². The Hall–Kier alpha value is -2.15. The number of non-ortho nitro benzene ring substituents is 1. The molecule has 1 aliphatic rings. The highest BCUT2D eigenvalue weighted by atomic mass is 32.2. The van der Waals surface area contributed by atoms with Crippen LogP contribution in [0.4, 0.5) is 5.69 Å². The lowest BCUT2D eigenvalue weighted by atomic mass is 10.2. The molecule has 0 bridgehead atoms. The summed E-state index contributed by atoms with van der Waals surface area (Å²) in [4.78, 5) is 25.8. The Labute approximate surface area is 113 Å². The Morgan fingerprint density at radius 3 is 2.68 bits per heavy atom. The number of amides is 1. The van der Waals surface area contributed by atoms with E-state index in [1.807, 2.05) is 6.92 Å². The molecule has 0 fully saturated rings. The van der Waals surface area contributed by atoms with Crippen molar-refractivity contribution in [3.63, 3.8) is 0 Å². The molecule has 0 atom stereocenters. The average molecular weight is 277 g/mol. The van der Waals surface area contributed by atoms with E-state index in [0.717, 1.165) is 5.75 Å². The summed E-state index contributed by atoms with van der Waals surface area (Å²) in [5.74, 6) is 0.568. The molecule has 0 aliphatic carbocycles. The molecular weight excluding hydrogens is 266 g/mol. The van der Waals surface area contributed by atoms with Crippen molar-refractivity contribution in [1.29, 1.82) is 0 Å². The second-order valence-electron chi connectivity index (χ2n) is 3.68. The Morgan fingerprint density at radius 1 is 1.42 bits per heavy atom. The maximum absolute atomic E-state index is 11.6. The minimum atomic E-state index is -0.465. The van der Waals surface area contributed by atoms with Gasteiger partial charge in [0.25, 0.3) is 11.6 Å². The third kappa shape index (κ3) is 3.19. The number of rotatable bonds is 3. The summed E-state index contributed by atoms with van der Waals surface area (Å²) >= 11 is 1.45. The van der Waals surface area contributed by atoms with Gasteiger partial charge in [-0.15, -0.1) is 0 Å². The van der Waals surface area contributed by atoms with Crippen LogP contribution in [0.25, 0.3) is 6.08 Å². The predicted octanol–water partition coefficient (Wildman–Crippen LogP) is 2.17. The van der Waals surface area contributed by atoms with Crippen molar-refractivity contribution in [1.82, 2.24) is 5.32 Å². The molecule has 0 aromatic heterocycles. The van der Waals surface area contributed by atoms with Crippen LogP contribution in [0, 0.1) is 10.1 Å². The van der Waals surface area contributed by atoms with Crippen molar-refractivity contribution in [3.8, 4) is 0 Å². The van der Waals surface area contributed by atoms with E-state index in [2.05, 4.69) is 10.3 Å². The van der Waals surface area contributed by atoms with Crippen LogP contribution in [0.2, 0.25) is 0 Å². The van der Waals surface area contributed by atoms with Gasteiger partial charge in [0.1, 0.15) is 5.70 Å². The molecule has 1 aromatic carbocycles. The first-order valence-electron chi connectivity index (χ1n) is 5.59. The summed E-state index contributed by atoms with van der Waals surface area (Å²) in [6.45, 7) is 1.97. The molecule has 0 spiro atoms. The highest BCUT2D eigenvalue weighted by Gasteiger charge is 2.19. The molecule has 1 aliphatic heterocycles. The zero-order chi connectivity index (χ0) is 13.8. The summed E-state index contributed by atoms with van der Waals surface area (Å²) in [6, 6.07) is 5.95. The third-order valence-electron chi connectivity index (χ3n) is 2.36. The number of nitro benzene ring substituents is 1. The van der Waals surface area contributed by atoms with Crippen LogP contribution >= 0.6 is 11.8 Å². The van der Waals surface area contributed by atoms with E-state index in [1.54, 1.807) is 18.2 Å². The SMILES string of the molecule is CCSC1=N/C(=C/c2ccc([N+](=O)[O-])cc2)C(=O)N1. The molecule has 0 unspecified atom stereocenters. The maximum atomic E-state index is 11.6. The van der Waals surface area contributed by atoms with Gasteiger partial charge in [-0.25, -0.2) is 4.99 Å². The number of thioether (sulfide) groups is 1. The molecule has 0 radical (unpaired) electrons. The summed E-state index contributed by atoms with van der Waals surface area (Å²) in [5.41, 5.74) is 1.02. The minimum absolute atomic E-state index is 0.0174. The monoisotopic (exact) mass is 277 g/mol. The lowest BCUT2D eigenvalue weighted by molar-refractivity contribution is -0.384. The van der Waals surface area contributed by atoms with Gasteiger partial charge < -0.3 is 0 Å². The van der Waals surface area contributed by atoms with Crippen molar-refractivity contribution in [2.24, 2.45) is 4.99 Å². The number of hydrogen-bond donors (Lipinski definition) is 1. The number of carbonyl (C=O) groups is 1. The van der Waals surface area contributed by atoms with Gasteiger partial charge in [0.15, 0.2) is 5.17 Å². The molecular formula is C12H11N3O3S. The van der Waals surface area contributed by atoms with Gasteiger partial charge in [0, 0.05) is 12.1 Å². The van der Waals surface area contributed by atoms with E-state index in [4.69, 9.17) is 0 Å². The molecule has 2 rings (SSSR count). The lowest BCUT2D eigenvalue weighted by Gasteiger charge is -1.95. The van der Waals surface area contributed by atoms with E-state index in [0.29, 0.717) is 16.4 Å². The number of carbonyl (C=O) groups excluding carboxylic acids is 1. The topological polar surface area (TPSA) is 84.6 Å². The van der Waals surface area contributed by atoms with Crippen molar-refractivity contribution in [3.05, 3.63) is 45.6 Å². The minimum Gasteiger partial charge on any atom is -0.300 e. The van der Waals surface area contributed by atoms with Crippen molar-refractivity contribution in [2.75, 3.05) is 5.75 Å². The largest absolute Gasteiger partial charge is 0.300 e. The molecule has 1 aromatic rings. The van der Waals surface area contributed by atoms with Crippen LogP contribution in [0.5, 0.6) is 0 Å². The molecule has 19 heavy (non-hydrogen) atoms. The first-order valence-corrected chi connectivity index (χ1v) is 6.57. The van der Waals surface area contributed by atoms with Crippen LogP contribution in [0.1, 0.15) is 12.5 Å². The number of amidine groups is 1. The first-order chi connectivity index (χ1) is 9.10. The molecule has 1 N–H and O–H groups in total. The number of aliphatic imine (C=N–C) groups is 1. The summed E-state index contributed by atoms with van der Waals surface area (Å²) in [6.07, 6.45) is 1.60. The normalized spacial score (nSPS) is 16.4. The summed E-state index contributed by atoms with van der Waals surface area (Å²) in [5, 5.41) is 13.8. The van der Waals surface area contributed by atoms with E-state index in [9.17, 15) is 14.9 Å². The number of nitrogens with zero attached hydrogens (tertiary/aromatic N) is 2. The second-order valence-corrected chi connectivity index (χ2v) is 4.94. The molecule has 98 valence electrons. The first kappa shape index (κ1) is 13.3. The van der Waals surface area contributed by atoms with Crippen LogP contribution in [-0.2, 0) is 4.79 Å². The van der Waals surface area contributed by atoms with Gasteiger partial charge in [-0.3, -0.25) is 20.2 Å². The Kier molecular flexibility index (Phi) is 3.96. The number of nitrogens with one attached hydrogen (secondary N) is 1. The van der Waals surface area contributed by atoms with E-state index in [1.165, 1.54) is 23.9 Å². The van der Waals surface area contributed by atoms with Crippen molar-refractivity contribution < 1.29 is 9.72 Å². The van der Waals surface area contributed by atoms with Crippen molar-refractivity contribution in [2.45, 2.75) is 6.92 Å². The molecule has 0 saturated carbocycles. The average Bonchev–Trinajstić information content (AvgIpc) is 2.71. The lowest BCUT2D eigenvalue weighted by Crippen LogP contribution is -2.21. The van der Waals surface area contributed by atoms with Gasteiger partial charge in [-0.05, 0) is 29.5 Å². The zero-order valence-corrected chi connectivity index (χ0v) is 10.9. The number of hydrogen-bond acceptors (Lipinski definition) is 5. The molecule has 7 heteroatoms. The van der Waals surface area contributed by atoms with Crippen LogP contribution in [-0.4, -0.2) is 21.8 Å². The second kappa shape index (κ2) is 5.66. The number of nitro groups is 1. The standard InChI is InChI=1S/C12H11N3O3S/c1-2-19-12-13-10(11(16)14-12)7-8-3-5-9(6-4-8)15(17)18/h3-7H,2H2,1H3,(H,13,14,16)/b10-7+. The van der Waals surface area contributed by atoms with Gasteiger partial charge >= 0.3 is 0 Å². The summed E-state index contributed by atoms with van der Waals surface area (Å²) < 4.78 is 0. The van der Waals surface area contributed by atoms with Crippen LogP contribution in [0.15, 0.2) is 35.0 Å². The number of benzene rings is 1. The quantitative estimate of drug-likeness (QED) is 0.521. The fraction of sp³-hybridized carbons (Fsp3) is 0.167. The molecule has 1 amide bonds. The maximum Gasteiger partial charge on any atom is 0.275 e. The van der Waals surface area contributed by atoms with Gasteiger partial charge in [-0.1, -0.05) is 18.7 Å². The smallest absolute Gasteiger partial charge is 0.275 e. The Morgan fingerprint density at radius 2 is 2.11 bits per heavy atom. The summed E-state index contributed by atoms with van der Waals surface area (Å²) in [7, 11) is 0. The van der Waals surface area contributed by atoms with Crippen LogP contribution < -0.4 is 5.32 Å². The zero-order valence-electron chi connectivity index (χ0n) is 10.1. The van der Waals surface area contributed by atoms with Crippen LogP contribution in [0.3, 0.4) is 0 Å². The third-order valence-corrected chi connectivity index (χ3v) is 3.12. The van der Waals surface area contributed by atoms with E-state index in [-0.39, 0.29) is 11.6 Å². The van der Waals surface area contributed by atoms with Gasteiger partial charge in [0.05, 0.1) is 4.92 Å². The van der Waals surface area contributed by atoms with E-state index < -0.39 is 4.92 Å². The Balaban J connectivity index is 2.21. The molecule has 6 nitrogen and oxygen atoms in total. The van der Waals surface area contributed by atoms with Gasteiger partial charge in [-0.2, -0.15) is 0 Å². The highest BCUT2D eigenvalue weighted by Crippen LogP contribution is 2.18. The molecule has 1 heterocycles. The van der Waals surface area contributed by atoms with E-state index >= 15 is 0 Å². The Bertz CT molecular complexity index is 578. The van der Waals surface area contributed by atoms with Crippen molar-refractivity contribution >= 4 is 34.6 Å².